The molecule has 2 amide bonds. The van der Waals surface area contributed by atoms with Crippen molar-refractivity contribution >= 4 is 11.8 Å². The average Bonchev–Trinajstić information content (AvgIpc) is 2.85. The Balaban J connectivity index is 1.83. The van der Waals surface area contributed by atoms with Gasteiger partial charge in [-0.15, -0.1) is 0 Å². The highest BCUT2D eigenvalue weighted by Gasteiger charge is 2.31. The van der Waals surface area contributed by atoms with Crippen LogP contribution >= 0.6 is 0 Å². The molecule has 2 N–H and O–H groups in total. The molecule has 2 saturated heterocycles. The van der Waals surface area contributed by atoms with Crippen molar-refractivity contribution in [2.24, 2.45) is 5.92 Å². The maximum absolute atomic E-state index is 12.2. The van der Waals surface area contributed by atoms with Gasteiger partial charge in [0.1, 0.15) is 6.04 Å². The Morgan fingerprint density at radius 2 is 1.95 bits per heavy atom. The highest BCUT2D eigenvalue weighted by Crippen LogP contribution is 2.16. The minimum Gasteiger partial charge on any atom is -0.344 e. The summed E-state index contributed by atoms with van der Waals surface area (Å²) < 4.78 is 0. The molecule has 3 unspecified atom stereocenters. The van der Waals surface area contributed by atoms with Gasteiger partial charge in [-0.25, -0.2) is 0 Å². The number of nitrogens with zero attached hydrogens (tertiary/aromatic N) is 1. The zero-order chi connectivity index (χ0) is 13.8. The molecule has 2 heterocycles. The molecule has 2 rings (SSSR count). The Kier molecular flexibility index (Phi) is 4.80. The van der Waals surface area contributed by atoms with Crippen LogP contribution in [-0.4, -0.2) is 48.4 Å². The predicted octanol–water partition coefficient (Wildman–Crippen LogP) is 0.502. The molecule has 19 heavy (non-hydrogen) atoms. The van der Waals surface area contributed by atoms with E-state index < -0.39 is 6.04 Å². The van der Waals surface area contributed by atoms with E-state index in [0.717, 1.165) is 38.9 Å². The van der Waals surface area contributed by atoms with Crippen molar-refractivity contribution in [2.45, 2.75) is 51.6 Å². The van der Waals surface area contributed by atoms with Gasteiger partial charge < -0.3 is 15.5 Å². The summed E-state index contributed by atoms with van der Waals surface area (Å²) in [6.07, 6.45) is 4.22. The lowest BCUT2D eigenvalue weighted by Gasteiger charge is -2.30. The fourth-order valence-electron chi connectivity index (χ4n) is 2.99. The third-order valence-electron chi connectivity index (χ3n) is 4.26. The van der Waals surface area contributed by atoms with Gasteiger partial charge in [0.2, 0.25) is 11.8 Å². The molecule has 0 spiro atoms. The van der Waals surface area contributed by atoms with Crippen LogP contribution < -0.4 is 10.6 Å². The zero-order valence-corrected chi connectivity index (χ0v) is 11.9. The van der Waals surface area contributed by atoms with Crippen LogP contribution in [0.4, 0.5) is 0 Å². The summed E-state index contributed by atoms with van der Waals surface area (Å²) in [7, 11) is 0. The van der Waals surface area contributed by atoms with E-state index >= 15 is 0 Å². The molecular formula is C14H25N3O2. The summed E-state index contributed by atoms with van der Waals surface area (Å²) >= 11 is 0. The van der Waals surface area contributed by atoms with Crippen LogP contribution in [0.25, 0.3) is 0 Å². The van der Waals surface area contributed by atoms with Crippen molar-refractivity contribution in [3.63, 3.8) is 0 Å². The summed E-state index contributed by atoms with van der Waals surface area (Å²) in [4.78, 5) is 26.2. The van der Waals surface area contributed by atoms with Crippen molar-refractivity contribution in [3.05, 3.63) is 0 Å². The van der Waals surface area contributed by atoms with Gasteiger partial charge in [0.05, 0.1) is 5.92 Å². The molecule has 0 saturated carbocycles. The summed E-state index contributed by atoms with van der Waals surface area (Å²) in [5, 5.41) is 6.14. The molecule has 108 valence electrons. The summed E-state index contributed by atoms with van der Waals surface area (Å²) in [5.41, 5.74) is 0. The predicted molar refractivity (Wildman–Crippen MR) is 73.6 cm³/mol. The maximum Gasteiger partial charge on any atom is 0.244 e. The van der Waals surface area contributed by atoms with Crippen LogP contribution in [0.1, 0.15) is 39.5 Å². The van der Waals surface area contributed by atoms with Crippen molar-refractivity contribution < 1.29 is 9.59 Å². The molecule has 0 aromatic rings. The normalized spacial score (nSPS) is 29.1. The molecule has 0 radical (unpaired) electrons. The van der Waals surface area contributed by atoms with Crippen LogP contribution in [0.3, 0.4) is 0 Å². The molecule has 0 aromatic carbocycles. The van der Waals surface area contributed by atoms with E-state index in [1.165, 1.54) is 6.42 Å². The van der Waals surface area contributed by atoms with E-state index in [9.17, 15) is 9.59 Å². The monoisotopic (exact) mass is 267 g/mol. The number of carbonyl (C=O) groups excluding carboxylic acids is 2. The first-order valence-electron chi connectivity index (χ1n) is 7.42. The number of rotatable bonds is 3. The highest BCUT2D eigenvalue weighted by molar-refractivity contribution is 5.88. The zero-order valence-electron chi connectivity index (χ0n) is 11.9. The van der Waals surface area contributed by atoms with Gasteiger partial charge in [0.15, 0.2) is 0 Å². The van der Waals surface area contributed by atoms with Crippen molar-refractivity contribution in [2.75, 3.05) is 19.6 Å². The largest absolute Gasteiger partial charge is 0.344 e. The number of amides is 2. The standard InChI is InChI=1S/C14H25N3O2/c1-10-12(6-7-15-10)13(18)16-11(2)14(19)17-8-4-3-5-9-17/h10-12,15H,3-9H2,1-2H3,(H,16,18). The lowest BCUT2D eigenvalue weighted by atomic mass is 10.0. The SMILES string of the molecule is CC(NC(=O)C1CCNC1C)C(=O)N1CCCCC1. The number of hydrogen-bond acceptors (Lipinski definition) is 3. The van der Waals surface area contributed by atoms with Gasteiger partial charge in [0.25, 0.3) is 0 Å². The number of carbonyl (C=O) groups is 2. The molecule has 3 atom stereocenters. The van der Waals surface area contributed by atoms with Crippen molar-refractivity contribution in [1.29, 1.82) is 0 Å². The van der Waals surface area contributed by atoms with Gasteiger partial charge in [-0.05, 0) is 46.1 Å². The minimum atomic E-state index is -0.404. The first-order valence-corrected chi connectivity index (χ1v) is 7.42. The minimum absolute atomic E-state index is 0.00314. The summed E-state index contributed by atoms with van der Waals surface area (Å²) in [5.74, 6) is 0.0682. The highest BCUT2D eigenvalue weighted by atomic mass is 16.2. The van der Waals surface area contributed by atoms with E-state index in [1.807, 2.05) is 11.8 Å². The first kappa shape index (κ1) is 14.3. The third kappa shape index (κ3) is 3.47. The van der Waals surface area contributed by atoms with Gasteiger partial charge in [0, 0.05) is 19.1 Å². The van der Waals surface area contributed by atoms with Gasteiger partial charge >= 0.3 is 0 Å². The van der Waals surface area contributed by atoms with Crippen molar-refractivity contribution in [1.82, 2.24) is 15.5 Å². The fraction of sp³-hybridized carbons (Fsp3) is 0.857. The van der Waals surface area contributed by atoms with E-state index in [0.29, 0.717) is 0 Å². The number of hydrogen-bond donors (Lipinski definition) is 2. The average molecular weight is 267 g/mol. The van der Waals surface area contributed by atoms with Gasteiger partial charge in [-0.2, -0.15) is 0 Å². The fourth-order valence-corrected chi connectivity index (χ4v) is 2.99. The van der Waals surface area contributed by atoms with Crippen LogP contribution in [0.5, 0.6) is 0 Å². The Morgan fingerprint density at radius 1 is 1.26 bits per heavy atom. The molecule has 2 aliphatic heterocycles. The van der Waals surface area contributed by atoms with E-state index in [-0.39, 0.29) is 23.8 Å². The Bertz CT molecular complexity index is 340. The van der Waals surface area contributed by atoms with E-state index in [1.54, 1.807) is 6.92 Å². The van der Waals surface area contributed by atoms with Crippen LogP contribution in [0.15, 0.2) is 0 Å². The smallest absolute Gasteiger partial charge is 0.244 e. The quantitative estimate of drug-likeness (QED) is 0.783. The van der Waals surface area contributed by atoms with Gasteiger partial charge in [-0.3, -0.25) is 9.59 Å². The van der Waals surface area contributed by atoms with Crippen LogP contribution in [0.2, 0.25) is 0 Å². The van der Waals surface area contributed by atoms with Crippen molar-refractivity contribution in [3.8, 4) is 0 Å². The maximum atomic E-state index is 12.2. The lowest BCUT2D eigenvalue weighted by Crippen LogP contribution is -2.50. The molecule has 2 fully saturated rings. The number of nitrogens with one attached hydrogen (secondary N) is 2. The molecule has 5 heteroatoms. The lowest BCUT2D eigenvalue weighted by molar-refractivity contribution is -0.137. The molecule has 0 aliphatic carbocycles. The summed E-state index contributed by atoms with van der Waals surface area (Å²) in [6, 6.07) is -0.198. The van der Waals surface area contributed by atoms with E-state index in [4.69, 9.17) is 0 Å². The van der Waals surface area contributed by atoms with Crippen LogP contribution in [0, 0.1) is 5.92 Å². The van der Waals surface area contributed by atoms with E-state index in [2.05, 4.69) is 10.6 Å². The first-order chi connectivity index (χ1) is 9.09. The Morgan fingerprint density at radius 3 is 2.53 bits per heavy atom. The second-order valence-electron chi connectivity index (χ2n) is 5.75. The topological polar surface area (TPSA) is 61.4 Å². The van der Waals surface area contributed by atoms with Crippen LogP contribution in [-0.2, 0) is 9.59 Å². The number of piperidine rings is 1. The Labute approximate surface area is 115 Å². The van der Waals surface area contributed by atoms with Gasteiger partial charge in [-0.1, -0.05) is 0 Å². The summed E-state index contributed by atoms with van der Waals surface area (Å²) in [6.45, 7) is 6.37. The molecular weight excluding hydrogens is 242 g/mol. The second-order valence-corrected chi connectivity index (χ2v) is 5.75. The molecule has 2 aliphatic rings. The molecule has 0 aromatic heterocycles. The molecule has 5 nitrogen and oxygen atoms in total. The Hall–Kier alpha value is -1.10. The number of likely N-dealkylation sites (tertiary alicyclic amines) is 1. The molecule has 0 bridgehead atoms. The third-order valence-corrected chi connectivity index (χ3v) is 4.26. The second kappa shape index (κ2) is 6.37.